The second-order valence-electron chi connectivity index (χ2n) is 4.66. The van der Waals surface area contributed by atoms with Crippen molar-refractivity contribution in [2.24, 2.45) is 5.73 Å². The van der Waals surface area contributed by atoms with Crippen LogP contribution < -0.4 is 5.73 Å². The lowest BCUT2D eigenvalue weighted by atomic mass is 10.1. The monoisotopic (exact) mass is 246 g/mol. The van der Waals surface area contributed by atoms with Crippen LogP contribution in [0.25, 0.3) is 10.9 Å². The fraction of sp³-hybridized carbons (Fsp3) is 0.357. The molecule has 0 aliphatic carbocycles. The molecule has 1 heterocycles. The van der Waals surface area contributed by atoms with E-state index in [0.717, 1.165) is 16.5 Å². The van der Waals surface area contributed by atoms with Crippen LogP contribution in [0, 0.1) is 0 Å². The lowest BCUT2D eigenvalue weighted by Gasteiger charge is -2.13. The minimum Gasteiger partial charge on any atom is -0.462 e. The van der Waals surface area contributed by atoms with Gasteiger partial charge in [-0.1, -0.05) is 18.2 Å². The number of aromatic nitrogens is 1. The molecule has 0 spiro atoms. The second kappa shape index (κ2) is 5.23. The summed E-state index contributed by atoms with van der Waals surface area (Å²) in [7, 11) is 0. The maximum Gasteiger partial charge on any atom is 0.323 e. The van der Waals surface area contributed by atoms with Gasteiger partial charge >= 0.3 is 5.97 Å². The van der Waals surface area contributed by atoms with E-state index in [2.05, 4.69) is 4.98 Å². The number of H-pyrrole nitrogens is 1. The third-order valence-corrected chi connectivity index (χ3v) is 2.77. The number of fused-ring (bicyclic) bond motifs is 1. The average molecular weight is 246 g/mol. The summed E-state index contributed by atoms with van der Waals surface area (Å²) in [5.41, 5.74) is 7.95. The van der Waals surface area contributed by atoms with Gasteiger partial charge in [0.25, 0.3) is 0 Å². The number of para-hydroxylation sites is 1. The summed E-state index contributed by atoms with van der Waals surface area (Å²) >= 11 is 0. The first kappa shape index (κ1) is 12.6. The molecule has 2 aromatic rings. The Kier molecular flexibility index (Phi) is 3.67. The highest BCUT2D eigenvalue weighted by Gasteiger charge is 2.18. The smallest absolute Gasteiger partial charge is 0.323 e. The van der Waals surface area contributed by atoms with E-state index in [-0.39, 0.29) is 12.1 Å². The Balaban J connectivity index is 2.11. The van der Waals surface area contributed by atoms with Gasteiger partial charge in [-0.3, -0.25) is 4.79 Å². The molecule has 0 aliphatic heterocycles. The Bertz CT molecular complexity index is 545. The standard InChI is InChI=1S/C14H18N2O2/c1-9(2)18-14(17)12(15)7-10-8-16-13-6-4-3-5-11(10)13/h3-6,8-9,12,16H,7,15H2,1-2H3/t12-/m0/s1. The van der Waals surface area contributed by atoms with Gasteiger partial charge in [0.2, 0.25) is 0 Å². The van der Waals surface area contributed by atoms with Crippen LogP contribution in [-0.4, -0.2) is 23.1 Å². The van der Waals surface area contributed by atoms with Crippen molar-refractivity contribution in [3.63, 3.8) is 0 Å². The maximum absolute atomic E-state index is 11.7. The van der Waals surface area contributed by atoms with Crippen molar-refractivity contribution in [1.29, 1.82) is 0 Å². The van der Waals surface area contributed by atoms with E-state index in [1.807, 2.05) is 44.3 Å². The average Bonchev–Trinajstić information content (AvgIpc) is 2.72. The third kappa shape index (κ3) is 2.71. The fourth-order valence-electron chi connectivity index (χ4n) is 1.94. The highest BCUT2D eigenvalue weighted by molar-refractivity contribution is 5.84. The van der Waals surface area contributed by atoms with Gasteiger partial charge in [-0.15, -0.1) is 0 Å². The number of benzene rings is 1. The summed E-state index contributed by atoms with van der Waals surface area (Å²) in [5, 5.41) is 1.10. The number of carbonyl (C=O) groups is 1. The summed E-state index contributed by atoms with van der Waals surface area (Å²) < 4.78 is 5.10. The zero-order valence-corrected chi connectivity index (χ0v) is 10.6. The SMILES string of the molecule is CC(C)OC(=O)[C@@H](N)Cc1c[nH]c2ccccc12. The second-order valence-corrected chi connectivity index (χ2v) is 4.66. The zero-order valence-electron chi connectivity index (χ0n) is 10.6. The van der Waals surface area contributed by atoms with Crippen molar-refractivity contribution in [2.75, 3.05) is 0 Å². The molecule has 0 bridgehead atoms. The van der Waals surface area contributed by atoms with Gasteiger partial charge in [0.1, 0.15) is 6.04 Å². The number of nitrogens with one attached hydrogen (secondary N) is 1. The summed E-state index contributed by atoms with van der Waals surface area (Å²) in [6.45, 7) is 3.63. The summed E-state index contributed by atoms with van der Waals surface area (Å²) in [6.07, 6.45) is 2.24. The fourth-order valence-corrected chi connectivity index (χ4v) is 1.94. The Morgan fingerprint density at radius 3 is 2.83 bits per heavy atom. The summed E-state index contributed by atoms with van der Waals surface area (Å²) in [5.74, 6) is -0.352. The number of esters is 1. The van der Waals surface area contributed by atoms with Crippen LogP contribution in [0.15, 0.2) is 30.5 Å². The van der Waals surface area contributed by atoms with E-state index in [0.29, 0.717) is 6.42 Å². The highest BCUT2D eigenvalue weighted by atomic mass is 16.5. The van der Waals surface area contributed by atoms with E-state index in [1.54, 1.807) is 0 Å². The third-order valence-electron chi connectivity index (χ3n) is 2.77. The predicted octanol–water partition coefficient (Wildman–Crippen LogP) is 1.99. The van der Waals surface area contributed by atoms with Gasteiger partial charge in [0.15, 0.2) is 0 Å². The van der Waals surface area contributed by atoms with Gasteiger partial charge in [0, 0.05) is 23.5 Å². The molecule has 0 radical (unpaired) electrons. The number of aromatic amines is 1. The normalized spacial score (nSPS) is 12.9. The molecule has 0 fully saturated rings. The molecular formula is C14H18N2O2. The molecule has 4 heteroatoms. The summed E-state index contributed by atoms with van der Waals surface area (Å²) in [6, 6.07) is 7.33. The molecule has 4 nitrogen and oxygen atoms in total. The first-order valence-electron chi connectivity index (χ1n) is 6.09. The maximum atomic E-state index is 11.7. The van der Waals surface area contributed by atoms with Crippen molar-refractivity contribution in [1.82, 2.24) is 4.98 Å². The van der Waals surface area contributed by atoms with Gasteiger partial charge in [-0.25, -0.2) is 0 Å². The van der Waals surface area contributed by atoms with Crippen LogP contribution in [0.3, 0.4) is 0 Å². The molecule has 0 amide bonds. The van der Waals surface area contributed by atoms with Crippen LogP contribution in [0.1, 0.15) is 19.4 Å². The highest BCUT2D eigenvalue weighted by Crippen LogP contribution is 2.18. The molecule has 2 rings (SSSR count). The first-order chi connectivity index (χ1) is 8.58. The van der Waals surface area contributed by atoms with Crippen molar-refractivity contribution < 1.29 is 9.53 Å². The van der Waals surface area contributed by atoms with Crippen molar-refractivity contribution in [3.8, 4) is 0 Å². The van der Waals surface area contributed by atoms with Gasteiger partial charge in [-0.2, -0.15) is 0 Å². The quantitative estimate of drug-likeness (QED) is 0.811. The molecule has 0 unspecified atom stereocenters. The van der Waals surface area contributed by atoms with E-state index < -0.39 is 6.04 Å². The number of hydrogen-bond donors (Lipinski definition) is 2. The van der Waals surface area contributed by atoms with Crippen LogP contribution in [0.2, 0.25) is 0 Å². The lowest BCUT2D eigenvalue weighted by molar-refractivity contribution is -0.148. The van der Waals surface area contributed by atoms with E-state index in [1.165, 1.54) is 0 Å². The zero-order chi connectivity index (χ0) is 13.1. The van der Waals surface area contributed by atoms with Crippen molar-refractivity contribution in [3.05, 3.63) is 36.0 Å². The first-order valence-corrected chi connectivity index (χ1v) is 6.09. The molecule has 0 saturated carbocycles. The molecule has 1 atom stereocenters. The Hall–Kier alpha value is -1.81. The minimum atomic E-state index is -0.619. The number of rotatable bonds is 4. The Morgan fingerprint density at radius 2 is 2.11 bits per heavy atom. The van der Waals surface area contributed by atoms with E-state index >= 15 is 0 Å². The number of ether oxygens (including phenoxy) is 1. The number of nitrogens with two attached hydrogens (primary N) is 1. The molecule has 0 saturated heterocycles. The molecule has 96 valence electrons. The largest absolute Gasteiger partial charge is 0.462 e. The number of hydrogen-bond acceptors (Lipinski definition) is 3. The molecule has 0 aliphatic rings. The minimum absolute atomic E-state index is 0.133. The number of carbonyl (C=O) groups excluding carboxylic acids is 1. The Labute approximate surface area is 106 Å². The Morgan fingerprint density at radius 1 is 1.39 bits per heavy atom. The van der Waals surface area contributed by atoms with Crippen LogP contribution in [0.5, 0.6) is 0 Å². The van der Waals surface area contributed by atoms with Gasteiger partial charge < -0.3 is 15.5 Å². The van der Waals surface area contributed by atoms with Crippen LogP contribution in [-0.2, 0) is 16.0 Å². The lowest BCUT2D eigenvalue weighted by Crippen LogP contribution is -2.35. The van der Waals surface area contributed by atoms with Crippen molar-refractivity contribution >= 4 is 16.9 Å². The molecule has 1 aromatic heterocycles. The van der Waals surface area contributed by atoms with Crippen LogP contribution in [0.4, 0.5) is 0 Å². The van der Waals surface area contributed by atoms with E-state index in [9.17, 15) is 4.79 Å². The van der Waals surface area contributed by atoms with Crippen molar-refractivity contribution in [2.45, 2.75) is 32.4 Å². The molecular weight excluding hydrogens is 228 g/mol. The van der Waals surface area contributed by atoms with Crippen LogP contribution >= 0.6 is 0 Å². The van der Waals surface area contributed by atoms with E-state index in [4.69, 9.17) is 10.5 Å². The summed E-state index contributed by atoms with van der Waals surface area (Å²) in [4.78, 5) is 14.8. The molecule has 3 N–H and O–H groups in total. The predicted molar refractivity (Wildman–Crippen MR) is 71.2 cm³/mol. The van der Waals surface area contributed by atoms with Gasteiger partial charge in [-0.05, 0) is 25.5 Å². The molecule has 1 aromatic carbocycles. The topological polar surface area (TPSA) is 68.1 Å². The van der Waals surface area contributed by atoms with Gasteiger partial charge in [0.05, 0.1) is 6.10 Å². The molecule has 18 heavy (non-hydrogen) atoms.